The number of para-hydroxylation sites is 2. The Labute approximate surface area is 118 Å². The third-order valence-corrected chi connectivity index (χ3v) is 3.56. The van der Waals surface area contributed by atoms with E-state index < -0.39 is 0 Å². The molecule has 3 nitrogen and oxygen atoms in total. The van der Waals surface area contributed by atoms with Crippen molar-refractivity contribution in [3.63, 3.8) is 0 Å². The Kier molecular flexibility index (Phi) is 3.44. The fraction of sp³-hybridized carbons (Fsp3) is 0.176. The van der Waals surface area contributed by atoms with Crippen LogP contribution in [0.25, 0.3) is 11.0 Å². The maximum atomic E-state index is 5.96. The first-order chi connectivity index (χ1) is 9.79. The van der Waals surface area contributed by atoms with Crippen molar-refractivity contribution in [1.82, 2.24) is 0 Å². The predicted molar refractivity (Wildman–Crippen MR) is 82.7 cm³/mol. The minimum absolute atomic E-state index is 0.495. The van der Waals surface area contributed by atoms with E-state index in [0.717, 1.165) is 28.0 Å². The van der Waals surface area contributed by atoms with Gasteiger partial charge in [-0.2, -0.15) is 0 Å². The molecule has 0 bridgehead atoms. The summed E-state index contributed by atoms with van der Waals surface area (Å²) in [6.07, 6.45) is 0. The predicted octanol–water partition coefficient (Wildman–Crippen LogP) is 3.53. The van der Waals surface area contributed by atoms with Crippen LogP contribution in [0.1, 0.15) is 11.3 Å². The summed E-state index contributed by atoms with van der Waals surface area (Å²) in [6.45, 7) is 1.21. The molecule has 0 saturated heterocycles. The third-order valence-electron chi connectivity index (χ3n) is 3.56. The summed E-state index contributed by atoms with van der Waals surface area (Å²) in [5, 5.41) is 1.12. The van der Waals surface area contributed by atoms with E-state index in [1.807, 2.05) is 36.4 Å². The van der Waals surface area contributed by atoms with Gasteiger partial charge in [0.05, 0.1) is 6.54 Å². The summed E-state index contributed by atoms with van der Waals surface area (Å²) in [6, 6.07) is 18.3. The average Bonchev–Trinajstić information content (AvgIpc) is 2.85. The van der Waals surface area contributed by atoms with Crippen molar-refractivity contribution in [1.29, 1.82) is 0 Å². The van der Waals surface area contributed by atoms with Crippen molar-refractivity contribution in [3.05, 3.63) is 65.9 Å². The fourth-order valence-electron chi connectivity index (χ4n) is 2.49. The largest absolute Gasteiger partial charge is 0.459 e. The molecule has 2 N–H and O–H groups in total. The molecule has 0 unspecified atom stereocenters. The van der Waals surface area contributed by atoms with Crippen LogP contribution in [0, 0.1) is 0 Å². The number of nitrogens with two attached hydrogens (primary N) is 1. The zero-order valence-corrected chi connectivity index (χ0v) is 11.5. The minimum Gasteiger partial charge on any atom is -0.459 e. The van der Waals surface area contributed by atoms with Gasteiger partial charge in [-0.15, -0.1) is 0 Å². The van der Waals surface area contributed by atoms with E-state index in [4.69, 9.17) is 10.2 Å². The first-order valence-electron chi connectivity index (χ1n) is 6.75. The Morgan fingerprint density at radius 1 is 1.00 bits per heavy atom. The molecule has 0 aliphatic carbocycles. The molecule has 0 aliphatic rings. The van der Waals surface area contributed by atoms with Gasteiger partial charge >= 0.3 is 0 Å². The summed E-state index contributed by atoms with van der Waals surface area (Å²) in [7, 11) is 2.06. The van der Waals surface area contributed by atoms with Crippen LogP contribution in [0.4, 0.5) is 5.69 Å². The zero-order chi connectivity index (χ0) is 13.9. The van der Waals surface area contributed by atoms with E-state index in [1.165, 1.54) is 0 Å². The topological polar surface area (TPSA) is 42.4 Å². The molecule has 0 spiro atoms. The lowest BCUT2D eigenvalue weighted by Gasteiger charge is -2.18. The molecule has 1 aromatic heterocycles. The average molecular weight is 266 g/mol. The summed E-state index contributed by atoms with van der Waals surface area (Å²) in [5.41, 5.74) is 9.07. The fourth-order valence-corrected chi connectivity index (χ4v) is 2.49. The van der Waals surface area contributed by atoms with Gasteiger partial charge in [-0.1, -0.05) is 36.4 Å². The first-order valence-corrected chi connectivity index (χ1v) is 6.75. The van der Waals surface area contributed by atoms with E-state index in [2.05, 4.69) is 30.1 Å². The number of hydrogen-bond acceptors (Lipinski definition) is 3. The number of benzene rings is 2. The molecule has 20 heavy (non-hydrogen) atoms. The molecule has 2 aromatic carbocycles. The highest BCUT2D eigenvalue weighted by Crippen LogP contribution is 2.27. The molecular formula is C17H18N2O. The normalized spacial score (nSPS) is 10.9. The second kappa shape index (κ2) is 5.39. The molecule has 3 heteroatoms. The second-order valence-electron chi connectivity index (χ2n) is 4.90. The number of rotatable bonds is 4. The van der Waals surface area contributed by atoms with Gasteiger partial charge in [0.15, 0.2) is 0 Å². The molecule has 1 heterocycles. The third kappa shape index (κ3) is 2.28. The molecule has 3 rings (SSSR count). The van der Waals surface area contributed by atoms with Gasteiger partial charge in [-0.25, -0.2) is 0 Å². The van der Waals surface area contributed by atoms with Gasteiger partial charge in [0.2, 0.25) is 0 Å². The summed E-state index contributed by atoms with van der Waals surface area (Å²) in [4.78, 5) is 2.16. The van der Waals surface area contributed by atoms with E-state index in [-0.39, 0.29) is 0 Å². The van der Waals surface area contributed by atoms with Gasteiger partial charge in [0.25, 0.3) is 0 Å². The van der Waals surface area contributed by atoms with Gasteiger partial charge in [-0.05, 0) is 18.2 Å². The lowest BCUT2D eigenvalue weighted by molar-refractivity contribution is 0.539. The molecule has 0 saturated carbocycles. The highest BCUT2D eigenvalue weighted by atomic mass is 16.3. The molecule has 102 valence electrons. The summed E-state index contributed by atoms with van der Waals surface area (Å²) >= 11 is 0. The zero-order valence-electron chi connectivity index (χ0n) is 11.5. The van der Waals surface area contributed by atoms with Crippen LogP contribution in [0.5, 0.6) is 0 Å². The van der Waals surface area contributed by atoms with Crippen molar-refractivity contribution in [2.24, 2.45) is 5.73 Å². The molecule has 0 radical (unpaired) electrons. The molecule has 0 aliphatic heterocycles. The van der Waals surface area contributed by atoms with E-state index in [0.29, 0.717) is 13.1 Å². The molecule has 3 aromatic rings. The smallest absolute Gasteiger partial charge is 0.134 e. The van der Waals surface area contributed by atoms with Crippen LogP contribution < -0.4 is 10.6 Å². The van der Waals surface area contributed by atoms with E-state index in [1.54, 1.807) is 0 Å². The quantitative estimate of drug-likeness (QED) is 0.785. The minimum atomic E-state index is 0.495. The standard InChI is InChI=1S/C17H18N2O/c1-19(13-7-3-2-4-8-13)12-17-15(11-18)14-9-5-6-10-16(14)20-17/h2-10H,11-12,18H2,1H3. The highest BCUT2D eigenvalue weighted by molar-refractivity contribution is 5.82. The Balaban J connectivity index is 1.94. The SMILES string of the molecule is CN(Cc1oc2ccccc2c1CN)c1ccccc1. The lowest BCUT2D eigenvalue weighted by atomic mass is 10.1. The Hall–Kier alpha value is -2.26. The van der Waals surface area contributed by atoms with Crippen LogP contribution >= 0.6 is 0 Å². The van der Waals surface area contributed by atoms with Crippen molar-refractivity contribution < 1.29 is 4.42 Å². The highest BCUT2D eigenvalue weighted by Gasteiger charge is 2.14. The van der Waals surface area contributed by atoms with Crippen LogP contribution in [0.15, 0.2) is 59.0 Å². The maximum absolute atomic E-state index is 5.96. The van der Waals surface area contributed by atoms with Crippen LogP contribution in [0.2, 0.25) is 0 Å². The number of hydrogen-bond donors (Lipinski definition) is 1. The van der Waals surface area contributed by atoms with Crippen LogP contribution in [-0.4, -0.2) is 7.05 Å². The van der Waals surface area contributed by atoms with E-state index in [9.17, 15) is 0 Å². The van der Waals surface area contributed by atoms with Gasteiger partial charge < -0.3 is 15.1 Å². The molecular weight excluding hydrogens is 248 g/mol. The van der Waals surface area contributed by atoms with Crippen LogP contribution in [-0.2, 0) is 13.1 Å². The van der Waals surface area contributed by atoms with Crippen molar-refractivity contribution in [3.8, 4) is 0 Å². The Morgan fingerprint density at radius 3 is 2.45 bits per heavy atom. The number of furan rings is 1. The Morgan fingerprint density at radius 2 is 1.70 bits per heavy atom. The molecule has 0 fully saturated rings. The summed E-state index contributed by atoms with van der Waals surface area (Å²) in [5.74, 6) is 0.944. The summed E-state index contributed by atoms with van der Waals surface area (Å²) < 4.78 is 5.96. The lowest BCUT2D eigenvalue weighted by Crippen LogP contribution is -2.17. The van der Waals surface area contributed by atoms with Crippen LogP contribution in [0.3, 0.4) is 0 Å². The maximum Gasteiger partial charge on any atom is 0.134 e. The van der Waals surface area contributed by atoms with Crippen molar-refractivity contribution in [2.45, 2.75) is 13.1 Å². The van der Waals surface area contributed by atoms with Crippen molar-refractivity contribution in [2.75, 3.05) is 11.9 Å². The van der Waals surface area contributed by atoms with Gasteiger partial charge in [0, 0.05) is 30.2 Å². The Bertz CT molecular complexity index is 703. The first kappa shape index (κ1) is 12.8. The number of anilines is 1. The molecule has 0 atom stereocenters. The number of fused-ring (bicyclic) bond motifs is 1. The molecule has 0 amide bonds. The van der Waals surface area contributed by atoms with Crippen molar-refractivity contribution >= 4 is 16.7 Å². The van der Waals surface area contributed by atoms with E-state index >= 15 is 0 Å². The second-order valence-corrected chi connectivity index (χ2v) is 4.90. The van der Waals surface area contributed by atoms with Gasteiger partial charge in [-0.3, -0.25) is 0 Å². The van der Waals surface area contributed by atoms with Gasteiger partial charge in [0.1, 0.15) is 11.3 Å². The monoisotopic (exact) mass is 266 g/mol. The number of nitrogens with zero attached hydrogens (tertiary/aromatic N) is 1.